The summed E-state index contributed by atoms with van der Waals surface area (Å²) in [7, 11) is 1.30. The lowest BCUT2D eigenvalue weighted by Gasteiger charge is -2.27. The van der Waals surface area contributed by atoms with E-state index >= 15 is 0 Å². The lowest BCUT2D eigenvalue weighted by Crippen LogP contribution is -2.36. The smallest absolute Gasteiger partial charge is 0.338 e. The molecular weight excluding hydrogens is 380 g/mol. The molecule has 0 saturated heterocycles. The number of rotatable bonds is 3. The van der Waals surface area contributed by atoms with Crippen molar-refractivity contribution < 1.29 is 18.8 Å². The van der Waals surface area contributed by atoms with E-state index in [9.17, 15) is 9.59 Å². The van der Waals surface area contributed by atoms with Crippen molar-refractivity contribution in [2.75, 3.05) is 13.7 Å². The van der Waals surface area contributed by atoms with Gasteiger partial charge in [-0.1, -0.05) is 28.9 Å². The van der Waals surface area contributed by atoms with Crippen LogP contribution in [0.1, 0.15) is 32.0 Å². The highest BCUT2D eigenvalue weighted by Crippen LogP contribution is 2.32. The maximum atomic E-state index is 13.1. The zero-order chi connectivity index (χ0) is 19.7. The molecule has 0 spiro atoms. The summed E-state index contributed by atoms with van der Waals surface area (Å²) in [6.07, 6.45) is 0.582. The molecule has 1 aliphatic heterocycles. The average molecular weight is 397 g/mol. The Hall–Kier alpha value is -3.12. The first-order valence-corrected chi connectivity index (χ1v) is 9.16. The molecule has 0 fully saturated rings. The second-order valence-corrected chi connectivity index (χ2v) is 6.89. The summed E-state index contributed by atoms with van der Waals surface area (Å²) >= 11 is 5.96. The largest absolute Gasteiger partial charge is 0.465 e. The Balaban J connectivity index is 1.65. The fourth-order valence-electron chi connectivity index (χ4n) is 3.34. The second kappa shape index (κ2) is 7.48. The van der Waals surface area contributed by atoms with Gasteiger partial charge in [0.05, 0.1) is 30.5 Å². The van der Waals surface area contributed by atoms with E-state index in [0.29, 0.717) is 35.9 Å². The van der Waals surface area contributed by atoms with Gasteiger partial charge < -0.3 is 14.2 Å². The van der Waals surface area contributed by atoms with Crippen LogP contribution in [-0.4, -0.2) is 35.6 Å². The highest BCUT2D eigenvalue weighted by Gasteiger charge is 2.29. The number of amides is 1. The van der Waals surface area contributed by atoms with Crippen molar-refractivity contribution in [3.05, 3.63) is 75.9 Å². The number of nitrogens with zero attached hydrogens (tertiary/aromatic N) is 2. The molecule has 0 saturated carbocycles. The topological polar surface area (TPSA) is 72.6 Å². The van der Waals surface area contributed by atoms with Gasteiger partial charge in [0.2, 0.25) is 0 Å². The molecule has 6 nitrogen and oxygen atoms in total. The van der Waals surface area contributed by atoms with E-state index in [0.717, 1.165) is 16.8 Å². The third kappa shape index (κ3) is 3.27. The van der Waals surface area contributed by atoms with Gasteiger partial charge in [0.15, 0.2) is 5.76 Å². The number of fused-ring (bicyclic) bond motifs is 1. The lowest BCUT2D eigenvalue weighted by atomic mass is 10.00. The van der Waals surface area contributed by atoms with Gasteiger partial charge in [-0.05, 0) is 36.4 Å². The third-order valence-corrected chi connectivity index (χ3v) is 5.05. The van der Waals surface area contributed by atoms with Crippen molar-refractivity contribution in [3.63, 3.8) is 0 Å². The van der Waals surface area contributed by atoms with Gasteiger partial charge in [-0.3, -0.25) is 4.79 Å². The van der Waals surface area contributed by atoms with Crippen LogP contribution in [0.5, 0.6) is 0 Å². The van der Waals surface area contributed by atoms with Crippen molar-refractivity contribution in [2.24, 2.45) is 0 Å². The second-order valence-electron chi connectivity index (χ2n) is 6.46. The molecule has 4 rings (SSSR count). The maximum absolute atomic E-state index is 13.1. The molecule has 1 amide bonds. The quantitative estimate of drug-likeness (QED) is 0.626. The summed E-state index contributed by atoms with van der Waals surface area (Å²) in [6.45, 7) is 0.846. The summed E-state index contributed by atoms with van der Waals surface area (Å²) < 4.78 is 10.4. The highest BCUT2D eigenvalue weighted by atomic mass is 35.5. The van der Waals surface area contributed by atoms with Crippen LogP contribution in [0.4, 0.5) is 0 Å². The normalized spacial score (nSPS) is 13.1. The van der Waals surface area contributed by atoms with Crippen LogP contribution in [-0.2, 0) is 17.7 Å². The van der Waals surface area contributed by atoms with Crippen LogP contribution in [0.15, 0.2) is 53.1 Å². The van der Waals surface area contributed by atoms with E-state index in [-0.39, 0.29) is 11.5 Å². The number of halogens is 1. The lowest BCUT2D eigenvalue weighted by molar-refractivity contribution is 0.0588. The fourth-order valence-corrected chi connectivity index (χ4v) is 3.47. The zero-order valence-electron chi connectivity index (χ0n) is 15.1. The van der Waals surface area contributed by atoms with Crippen LogP contribution in [0.3, 0.4) is 0 Å². The van der Waals surface area contributed by atoms with Crippen LogP contribution < -0.4 is 0 Å². The fraction of sp³-hybridized carbons (Fsp3) is 0.190. The Morgan fingerprint density at radius 2 is 1.82 bits per heavy atom. The molecular formula is C21H17ClN2O4. The number of benzene rings is 2. The SMILES string of the molecule is COC(=O)c1ccccc1C(=O)N1CCc2noc(-c3ccc(Cl)cc3)c2C1. The van der Waals surface area contributed by atoms with E-state index in [1.54, 1.807) is 41.3 Å². The number of hydrogen-bond acceptors (Lipinski definition) is 5. The van der Waals surface area contributed by atoms with Crippen LogP contribution in [0.2, 0.25) is 5.02 Å². The van der Waals surface area contributed by atoms with Gasteiger partial charge in [0.25, 0.3) is 5.91 Å². The van der Waals surface area contributed by atoms with E-state index in [1.165, 1.54) is 7.11 Å². The van der Waals surface area contributed by atoms with Gasteiger partial charge >= 0.3 is 5.97 Å². The van der Waals surface area contributed by atoms with Crippen LogP contribution in [0, 0.1) is 0 Å². The minimum atomic E-state index is -0.534. The molecule has 0 unspecified atom stereocenters. The molecule has 1 aliphatic rings. The maximum Gasteiger partial charge on any atom is 0.338 e. The highest BCUT2D eigenvalue weighted by molar-refractivity contribution is 6.30. The molecule has 0 atom stereocenters. The molecule has 0 radical (unpaired) electrons. The summed E-state index contributed by atoms with van der Waals surface area (Å²) in [5.41, 5.74) is 3.14. The number of esters is 1. The minimum Gasteiger partial charge on any atom is -0.465 e. The standard InChI is InChI=1S/C21H17ClN2O4/c1-27-21(26)16-5-3-2-4-15(16)20(25)24-11-10-18-17(12-24)19(28-23-18)13-6-8-14(22)9-7-13/h2-9H,10-12H2,1H3. The Labute approximate surface area is 166 Å². The number of carbonyl (C=O) groups excluding carboxylic acids is 2. The predicted octanol–water partition coefficient (Wildman–Crippen LogP) is 3.98. The van der Waals surface area contributed by atoms with E-state index in [2.05, 4.69) is 5.16 Å². The minimum absolute atomic E-state index is 0.227. The number of hydrogen-bond donors (Lipinski definition) is 0. The first kappa shape index (κ1) is 18.3. The first-order valence-electron chi connectivity index (χ1n) is 8.78. The van der Waals surface area contributed by atoms with Gasteiger partial charge in [0, 0.05) is 29.1 Å². The molecule has 28 heavy (non-hydrogen) atoms. The van der Waals surface area contributed by atoms with Gasteiger partial charge in [0.1, 0.15) is 0 Å². The average Bonchev–Trinajstić information content (AvgIpc) is 3.16. The zero-order valence-corrected chi connectivity index (χ0v) is 15.9. The Morgan fingerprint density at radius 3 is 2.54 bits per heavy atom. The van der Waals surface area contributed by atoms with Crippen LogP contribution in [0.25, 0.3) is 11.3 Å². The van der Waals surface area contributed by atoms with Gasteiger partial charge in [-0.15, -0.1) is 0 Å². The van der Waals surface area contributed by atoms with Gasteiger partial charge in [-0.2, -0.15) is 0 Å². The number of aromatic nitrogens is 1. The number of methoxy groups -OCH3 is 1. The van der Waals surface area contributed by atoms with Crippen molar-refractivity contribution in [2.45, 2.75) is 13.0 Å². The molecule has 3 aromatic rings. The van der Waals surface area contributed by atoms with E-state index in [4.69, 9.17) is 20.9 Å². The molecule has 1 aromatic heterocycles. The molecule has 2 aromatic carbocycles. The summed E-state index contributed by atoms with van der Waals surface area (Å²) in [5, 5.41) is 4.79. The van der Waals surface area contributed by atoms with Crippen molar-refractivity contribution >= 4 is 23.5 Å². The van der Waals surface area contributed by atoms with Gasteiger partial charge in [-0.25, -0.2) is 4.79 Å². The van der Waals surface area contributed by atoms with E-state index in [1.807, 2.05) is 12.1 Å². The van der Waals surface area contributed by atoms with E-state index < -0.39 is 5.97 Å². The van der Waals surface area contributed by atoms with Crippen LogP contribution >= 0.6 is 11.6 Å². The predicted molar refractivity (Wildman–Crippen MR) is 103 cm³/mol. The monoisotopic (exact) mass is 396 g/mol. The number of ether oxygens (including phenoxy) is 1. The summed E-state index contributed by atoms with van der Waals surface area (Å²) in [4.78, 5) is 26.8. The Kier molecular flexibility index (Phi) is 4.88. The molecule has 0 N–H and O–H groups in total. The summed E-state index contributed by atoms with van der Waals surface area (Å²) in [5.74, 6) is -0.131. The molecule has 0 bridgehead atoms. The molecule has 142 valence electrons. The molecule has 0 aliphatic carbocycles. The third-order valence-electron chi connectivity index (χ3n) is 4.79. The first-order chi connectivity index (χ1) is 13.6. The Morgan fingerprint density at radius 1 is 1.11 bits per heavy atom. The number of carbonyl (C=O) groups is 2. The molecule has 7 heteroatoms. The Bertz CT molecular complexity index is 1040. The van der Waals surface area contributed by atoms with Crippen molar-refractivity contribution in [3.8, 4) is 11.3 Å². The van der Waals surface area contributed by atoms with Crippen molar-refractivity contribution in [1.29, 1.82) is 0 Å². The molecule has 2 heterocycles. The summed E-state index contributed by atoms with van der Waals surface area (Å²) in [6, 6.07) is 13.9. The van der Waals surface area contributed by atoms with Crippen molar-refractivity contribution in [1.82, 2.24) is 10.1 Å².